The first-order valence-corrected chi connectivity index (χ1v) is 14.8. The lowest BCUT2D eigenvalue weighted by Crippen LogP contribution is -2.27. The Morgan fingerprint density at radius 2 is 1.76 bits per heavy atom. The number of benzene rings is 1. The third-order valence-corrected chi connectivity index (χ3v) is 7.10. The molecule has 2 rings (SSSR count). The number of carbonyl (C=O) groups is 3. The number of aromatic nitrogens is 2. The van der Waals surface area contributed by atoms with Gasteiger partial charge in [-0.3, -0.25) is 14.4 Å². The van der Waals surface area contributed by atoms with Crippen molar-refractivity contribution in [2.75, 3.05) is 18.9 Å². The van der Waals surface area contributed by atoms with Crippen molar-refractivity contribution in [3.8, 4) is 0 Å². The molecule has 226 valence electrons. The predicted octanol–water partition coefficient (Wildman–Crippen LogP) is 4.12. The van der Waals surface area contributed by atoms with Crippen LogP contribution in [0.3, 0.4) is 0 Å². The smallest absolute Gasteiger partial charge is 0.230 e. The number of aryl methyl sites for hydroxylation is 1. The van der Waals surface area contributed by atoms with Gasteiger partial charge in [0.05, 0.1) is 12.8 Å². The van der Waals surface area contributed by atoms with Crippen LogP contribution in [-0.4, -0.2) is 46.4 Å². The van der Waals surface area contributed by atoms with Crippen LogP contribution >= 0.6 is 11.3 Å². The number of rotatable bonds is 16. The van der Waals surface area contributed by atoms with E-state index in [1.54, 1.807) is 24.1 Å². The molecule has 3 amide bonds. The van der Waals surface area contributed by atoms with Gasteiger partial charge >= 0.3 is 0 Å². The SMILES string of the molecule is C/C=C\C=C(/C)CC(=O)N/C(N)=C/C=C(\N)CCCCc1nnc(NC(=O)Cc2cccc(CC(=O)N(C)CC)c2)s1. The molecule has 2 aromatic rings. The topological polar surface area (TPSA) is 156 Å². The van der Waals surface area contributed by atoms with Gasteiger partial charge in [-0.2, -0.15) is 0 Å². The minimum Gasteiger partial charge on any atom is -0.402 e. The largest absolute Gasteiger partial charge is 0.402 e. The second kappa shape index (κ2) is 18.2. The van der Waals surface area contributed by atoms with Crippen molar-refractivity contribution in [1.29, 1.82) is 0 Å². The number of hydrogen-bond acceptors (Lipinski definition) is 8. The van der Waals surface area contributed by atoms with E-state index < -0.39 is 0 Å². The summed E-state index contributed by atoms with van der Waals surface area (Å²) in [6.07, 6.45) is 12.8. The number of allylic oxidation sites excluding steroid dienone is 6. The maximum Gasteiger partial charge on any atom is 0.230 e. The monoisotopic (exact) mass is 593 g/mol. The first-order chi connectivity index (χ1) is 20.1. The highest BCUT2D eigenvalue weighted by Gasteiger charge is 2.12. The van der Waals surface area contributed by atoms with Crippen LogP contribution in [0, 0.1) is 0 Å². The Hall–Kier alpha value is -4.25. The fourth-order valence-corrected chi connectivity index (χ4v) is 4.59. The first kappa shape index (κ1) is 34.0. The zero-order valence-electron chi connectivity index (χ0n) is 25.0. The van der Waals surface area contributed by atoms with Crippen LogP contribution in [0.25, 0.3) is 0 Å². The molecule has 0 radical (unpaired) electrons. The van der Waals surface area contributed by atoms with Crippen molar-refractivity contribution in [3.63, 3.8) is 0 Å². The van der Waals surface area contributed by atoms with Gasteiger partial charge < -0.3 is 27.0 Å². The number of likely N-dealkylation sites (N-methyl/N-ethyl adjacent to an activating group) is 1. The van der Waals surface area contributed by atoms with E-state index in [9.17, 15) is 14.4 Å². The van der Waals surface area contributed by atoms with Crippen LogP contribution in [-0.2, 0) is 33.6 Å². The van der Waals surface area contributed by atoms with Gasteiger partial charge in [0.15, 0.2) is 0 Å². The molecule has 10 nitrogen and oxygen atoms in total. The molecule has 11 heteroatoms. The minimum absolute atomic E-state index is 0.0426. The Morgan fingerprint density at radius 1 is 1.02 bits per heavy atom. The Bertz CT molecular complexity index is 1330. The number of hydrogen-bond donors (Lipinski definition) is 4. The van der Waals surface area contributed by atoms with E-state index in [-0.39, 0.29) is 36.4 Å². The summed E-state index contributed by atoms with van der Waals surface area (Å²) in [7, 11) is 1.77. The maximum atomic E-state index is 12.6. The number of unbranched alkanes of at least 4 members (excludes halogenated alkanes) is 1. The highest BCUT2D eigenvalue weighted by molar-refractivity contribution is 7.15. The van der Waals surface area contributed by atoms with Crippen LogP contribution in [0.1, 0.15) is 62.6 Å². The van der Waals surface area contributed by atoms with Gasteiger partial charge in [0.25, 0.3) is 0 Å². The van der Waals surface area contributed by atoms with E-state index in [0.717, 1.165) is 41.0 Å². The van der Waals surface area contributed by atoms with Crippen LogP contribution in [0.4, 0.5) is 5.13 Å². The summed E-state index contributed by atoms with van der Waals surface area (Å²) in [6, 6.07) is 7.51. The Balaban J connectivity index is 1.73. The molecule has 0 fully saturated rings. The summed E-state index contributed by atoms with van der Waals surface area (Å²) < 4.78 is 0. The van der Waals surface area contributed by atoms with E-state index in [4.69, 9.17) is 11.5 Å². The molecule has 0 spiro atoms. The van der Waals surface area contributed by atoms with Crippen molar-refractivity contribution in [2.45, 2.75) is 65.7 Å². The van der Waals surface area contributed by atoms with Crippen molar-refractivity contribution in [2.24, 2.45) is 11.5 Å². The Kier molecular flexibility index (Phi) is 14.7. The lowest BCUT2D eigenvalue weighted by molar-refractivity contribution is -0.129. The van der Waals surface area contributed by atoms with Gasteiger partial charge in [-0.25, -0.2) is 0 Å². The van der Waals surface area contributed by atoms with Gasteiger partial charge in [-0.1, -0.05) is 59.4 Å². The molecule has 0 bridgehead atoms. The molecule has 0 atom stereocenters. The highest BCUT2D eigenvalue weighted by Crippen LogP contribution is 2.18. The summed E-state index contributed by atoms with van der Waals surface area (Å²) >= 11 is 1.35. The van der Waals surface area contributed by atoms with E-state index >= 15 is 0 Å². The van der Waals surface area contributed by atoms with Gasteiger partial charge in [-0.15, -0.1) is 10.2 Å². The lowest BCUT2D eigenvalue weighted by Gasteiger charge is -2.14. The van der Waals surface area contributed by atoms with Crippen molar-refractivity contribution in [3.05, 3.63) is 87.9 Å². The summed E-state index contributed by atoms with van der Waals surface area (Å²) in [5, 5.41) is 15.0. The number of nitrogens with two attached hydrogens (primary N) is 2. The molecule has 1 aromatic heterocycles. The minimum atomic E-state index is -0.187. The van der Waals surface area contributed by atoms with Crippen LogP contribution in [0.5, 0.6) is 0 Å². The molecule has 1 aromatic carbocycles. The standard InChI is InChI=1S/C31H43N7O3S/c1-5-7-11-22(3)18-27(39)34-26(33)17-16-25(32)14-8-9-15-29-36-37-31(42-29)35-28(40)20-23-12-10-13-24(19-23)21-30(41)38(4)6-2/h5,7,10-13,16-17,19H,6,8-9,14-15,18,20-21,32-33H2,1-4H3,(H,34,39)(H,35,37,40)/b7-5-,22-11+,25-16-,26-17+. The molecule has 0 saturated heterocycles. The normalized spacial score (nSPS) is 12.4. The first-order valence-electron chi connectivity index (χ1n) is 14.0. The Labute approximate surface area is 252 Å². The van der Waals surface area contributed by atoms with E-state index in [1.165, 1.54) is 11.3 Å². The summed E-state index contributed by atoms with van der Waals surface area (Å²) in [5.74, 6) is -0.0817. The van der Waals surface area contributed by atoms with Crippen LogP contribution in [0.15, 0.2) is 71.7 Å². The van der Waals surface area contributed by atoms with Crippen LogP contribution < -0.4 is 22.1 Å². The van der Waals surface area contributed by atoms with E-state index in [1.807, 2.05) is 63.3 Å². The molecule has 0 aliphatic rings. The quantitative estimate of drug-likeness (QED) is 0.168. The van der Waals surface area contributed by atoms with Crippen molar-refractivity contribution in [1.82, 2.24) is 20.4 Å². The average Bonchev–Trinajstić information content (AvgIpc) is 3.39. The van der Waals surface area contributed by atoms with E-state index in [2.05, 4.69) is 20.8 Å². The molecule has 1 heterocycles. The maximum absolute atomic E-state index is 12.6. The molecular formula is C31H43N7O3S. The Morgan fingerprint density at radius 3 is 2.48 bits per heavy atom. The molecule has 0 aliphatic carbocycles. The average molecular weight is 594 g/mol. The summed E-state index contributed by atoms with van der Waals surface area (Å²) in [4.78, 5) is 38.5. The third kappa shape index (κ3) is 13.4. The van der Waals surface area contributed by atoms with Gasteiger partial charge in [0, 0.05) is 32.1 Å². The summed E-state index contributed by atoms with van der Waals surface area (Å²) in [6.45, 7) is 6.39. The zero-order chi connectivity index (χ0) is 30.9. The van der Waals surface area contributed by atoms with Gasteiger partial charge in [0.1, 0.15) is 10.8 Å². The number of amides is 3. The highest BCUT2D eigenvalue weighted by atomic mass is 32.1. The second-order valence-corrected chi connectivity index (χ2v) is 11.0. The zero-order valence-corrected chi connectivity index (χ0v) is 25.8. The molecule has 0 aliphatic heterocycles. The van der Waals surface area contributed by atoms with Crippen LogP contribution in [0.2, 0.25) is 0 Å². The predicted molar refractivity (Wildman–Crippen MR) is 169 cm³/mol. The number of anilines is 1. The third-order valence-electron chi connectivity index (χ3n) is 6.20. The van der Waals surface area contributed by atoms with Crippen molar-refractivity contribution < 1.29 is 14.4 Å². The molecular weight excluding hydrogens is 550 g/mol. The van der Waals surface area contributed by atoms with Gasteiger partial charge in [0.2, 0.25) is 22.9 Å². The number of nitrogens with one attached hydrogen (secondary N) is 2. The van der Waals surface area contributed by atoms with Crippen molar-refractivity contribution >= 4 is 34.2 Å². The fraction of sp³-hybridized carbons (Fsp3) is 0.387. The second-order valence-electron chi connectivity index (χ2n) is 9.97. The molecule has 0 saturated carbocycles. The van der Waals surface area contributed by atoms with E-state index in [0.29, 0.717) is 30.2 Å². The molecule has 42 heavy (non-hydrogen) atoms. The molecule has 0 unspecified atom stereocenters. The summed E-state index contributed by atoms with van der Waals surface area (Å²) in [5.41, 5.74) is 15.3. The van der Waals surface area contributed by atoms with Gasteiger partial charge in [-0.05, 0) is 63.3 Å². The lowest BCUT2D eigenvalue weighted by atomic mass is 10.1. The fourth-order valence-electron chi connectivity index (χ4n) is 3.79. The number of nitrogens with zero attached hydrogens (tertiary/aromatic N) is 3. The number of carbonyl (C=O) groups excluding carboxylic acids is 3. The molecule has 6 N–H and O–H groups in total.